The lowest BCUT2D eigenvalue weighted by Gasteiger charge is -2.43. The lowest BCUT2D eigenvalue weighted by Crippen LogP contribution is -2.64. The van der Waals surface area contributed by atoms with Crippen molar-refractivity contribution in [1.29, 1.82) is 0 Å². The van der Waals surface area contributed by atoms with E-state index >= 15 is 0 Å². The molecule has 18 heteroatoms. The van der Waals surface area contributed by atoms with Crippen molar-refractivity contribution in [1.82, 2.24) is 20.1 Å². The fraction of sp³-hybridized carbons (Fsp3) is 0.393. The van der Waals surface area contributed by atoms with Gasteiger partial charge in [0.1, 0.15) is 12.1 Å². The van der Waals surface area contributed by atoms with Gasteiger partial charge in [0.05, 0.1) is 32.1 Å². The third-order valence-corrected chi connectivity index (χ3v) is 9.43. The summed E-state index contributed by atoms with van der Waals surface area (Å²) in [6.07, 6.45) is -4.90. The number of carbonyl (C=O) groups excluding carboxylic acids is 5. The summed E-state index contributed by atoms with van der Waals surface area (Å²) in [6, 6.07) is 2.87. The maximum atomic E-state index is 13.7. The average molecular weight is 708 g/mol. The number of ether oxygens (including phenoxy) is 1. The molecule has 1 unspecified atom stereocenters. The van der Waals surface area contributed by atoms with Gasteiger partial charge < -0.3 is 10.1 Å². The molecule has 2 aromatic carbocycles. The maximum Gasteiger partial charge on any atom is 0.416 e. The molecule has 12 nitrogen and oxygen atoms in total. The number of ketones is 1. The predicted octanol–water partition coefficient (Wildman–Crippen LogP) is 3.12. The number of esters is 1. The summed E-state index contributed by atoms with van der Waals surface area (Å²) < 4.78 is 72.0. The van der Waals surface area contributed by atoms with E-state index in [1.165, 1.54) is 25.1 Å². The number of benzene rings is 2. The van der Waals surface area contributed by atoms with Gasteiger partial charge in [0, 0.05) is 13.0 Å². The van der Waals surface area contributed by atoms with Crippen LogP contribution in [0.2, 0.25) is 10.0 Å². The quantitative estimate of drug-likeness (QED) is 0.377. The zero-order chi connectivity index (χ0) is 34.0. The van der Waals surface area contributed by atoms with Crippen molar-refractivity contribution < 1.29 is 50.3 Å². The van der Waals surface area contributed by atoms with Gasteiger partial charge in [0.25, 0.3) is 5.91 Å². The van der Waals surface area contributed by atoms with Crippen LogP contribution in [0.5, 0.6) is 0 Å². The van der Waals surface area contributed by atoms with Crippen LogP contribution in [-0.2, 0) is 40.1 Å². The fourth-order valence-electron chi connectivity index (χ4n) is 4.88. The topological polar surface area (TPSA) is 159 Å². The normalized spacial score (nSPS) is 19.6. The van der Waals surface area contributed by atoms with Crippen molar-refractivity contribution in [3.05, 3.63) is 63.6 Å². The highest BCUT2D eigenvalue weighted by molar-refractivity contribution is 7.89. The van der Waals surface area contributed by atoms with E-state index in [0.717, 1.165) is 22.2 Å². The molecule has 0 radical (unpaired) electrons. The van der Waals surface area contributed by atoms with Gasteiger partial charge in [-0.3, -0.25) is 24.2 Å². The van der Waals surface area contributed by atoms with Crippen LogP contribution in [0.3, 0.4) is 0 Å². The first-order valence-electron chi connectivity index (χ1n) is 13.8. The average Bonchev–Trinajstić information content (AvgIpc) is 3.11. The van der Waals surface area contributed by atoms with Crippen molar-refractivity contribution in [2.24, 2.45) is 0 Å². The molecule has 2 aliphatic heterocycles. The number of carbonyl (C=O) groups is 5. The zero-order valence-corrected chi connectivity index (χ0v) is 26.3. The summed E-state index contributed by atoms with van der Waals surface area (Å²) in [5.41, 5.74) is -1.22. The molecule has 0 aliphatic carbocycles. The molecule has 3 amide bonds. The van der Waals surface area contributed by atoms with E-state index in [1.54, 1.807) is 0 Å². The number of fused-ring (bicyclic) bond motifs is 1. The number of hydrazine groups is 1. The number of nitrogens with zero attached hydrogens (tertiary/aromatic N) is 2. The molecule has 4 rings (SSSR count). The predicted molar refractivity (Wildman–Crippen MR) is 156 cm³/mol. The molecule has 0 spiro atoms. The first-order chi connectivity index (χ1) is 21.5. The number of sulfonamides is 1. The smallest absolute Gasteiger partial charge is 0.416 e. The number of amides is 3. The third kappa shape index (κ3) is 7.79. The number of Topliss-reactive ketones (excluding diaryl/α,β-unsaturated/α-hetero) is 1. The SMILES string of the molecule is C[C@H](NC(=O)[C@@H]1CCCN2C(=O)CCC(NS(=O)(=O)c3ccc(C(F)(F)F)cc3)C(=O)N12)C(=O)COC(=O)c1c(Cl)cccc1Cl. The van der Waals surface area contributed by atoms with E-state index < -0.39 is 80.9 Å². The minimum absolute atomic E-state index is 0.00442. The zero-order valence-electron chi connectivity index (χ0n) is 24.0. The Bertz CT molecular complexity index is 1640. The summed E-state index contributed by atoms with van der Waals surface area (Å²) in [6.45, 7) is 0.614. The highest BCUT2D eigenvalue weighted by Crippen LogP contribution is 2.30. The van der Waals surface area contributed by atoms with Gasteiger partial charge in [-0.15, -0.1) is 0 Å². The molecule has 46 heavy (non-hydrogen) atoms. The van der Waals surface area contributed by atoms with Gasteiger partial charge in [-0.25, -0.2) is 18.2 Å². The van der Waals surface area contributed by atoms with E-state index in [1.807, 2.05) is 0 Å². The van der Waals surface area contributed by atoms with Crippen molar-refractivity contribution >= 4 is 62.7 Å². The molecule has 0 saturated carbocycles. The van der Waals surface area contributed by atoms with Crippen LogP contribution in [0.25, 0.3) is 0 Å². The Kier molecular flexibility index (Phi) is 10.7. The molecule has 2 aliphatic rings. The summed E-state index contributed by atoms with van der Waals surface area (Å²) in [5, 5.41) is 4.34. The Balaban J connectivity index is 1.45. The monoisotopic (exact) mass is 706 g/mol. The summed E-state index contributed by atoms with van der Waals surface area (Å²) >= 11 is 12.0. The van der Waals surface area contributed by atoms with Crippen LogP contribution in [0.4, 0.5) is 13.2 Å². The third-order valence-electron chi connectivity index (χ3n) is 7.31. The van der Waals surface area contributed by atoms with Crippen molar-refractivity contribution in [2.75, 3.05) is 13.2 Å². The van der Waals surface area contributed by atoms with Crippen LogP contribution in [0.1, 0.15) is 48.5 Å². The first-order valence-corrected chi connectivity index (χ1v) is 16.0. The number of hydrogen-bond donors (Lipinski definition) is 2. The van der Waals surface area contributed by atoms with Crippen LogP contribution < -0.4 is 10.0 Å². The van der Waals surface area contributed by atoms with E-state index in [2.05, 4.69) is 10.0 Å². The van der Waals surface area contributed by atoms with E-state index in [0.29, 0.717) is 18.6 Å². The summed E-state index contributed by atoms with van der Waals surface area (Å²) in [5.74, 6) is -4.03. The fourth-order valence-corrected chi connectivity index (χ4v) is 6.65. The first kappa shape index (κ1) is 35.1. The molecule has 3 atom stereocenters. The Morgan fingerprint density at radius 3 is 2.28 bits per heavy atom. The van der Waals surface area contributed by atoms with Gasteiger partial charge >= 0.3 is 12.1 Å². The molecule has 248 valence electrons. The van der Waals surface area contributed by atoms with Gasteiger partial charge in [-0.1, -0.05) is 29.3 Å². The molecule has 2 heterocycles. The molecule has 0 bridgehead atoms. The van der Waals surface area contributed by atoms with Crippen molar-refractivity contribution in [3.63, 3.8) is 0 Å². The minimum atomic E-state index is -4.70. The highest BCUT2D eigenvalue weighted by Gasteiger charge is 2.45. The lowest BCUT2D eigenvalue weighted by molar-refractivity contribution is -0.176. The molecule has 2 saturated heterocycles. The van der Waals surface area contributed by atoms with E-state index in [4.69, 9.17) is 27.9 Å². The molecule has 2 fully saturated rings. The number of nitrogens with one attached hydrogen (secondary N) is 2. The van der Waals surface area contributed by atoms with Crippen LogP contribution >= 0.6 is 23.2 Å². The van der Waals surface area contributed by atoms with Gasteiger partial charge in [-0.2, -0.15) is 17.9 Å². The molecule has 2 N–H and O–H groups in total. The highest BCUT2D eigenvalue weighted by atomic mass is 35.5. The van der Waals surface area contributed by atoms with Gasteiger partial charge in [0.15, 0.2) is 12.4 Å². The molecular formula is C28H27Cl2F3N4O8S. The number of hydrogen-bond acceptors (Lipinski definition) is 8. The van der Waals surface area contributed by atoms with E-state index in [-0.39, 0.29) is 41.4 Å². The number of rotatable bonds is 9. The Hall–Kier alpha value is -3.73. The Morgan fingerprint density at radius 1 is 1.04 bits per heavy atom. The van der Waals surface area contributed by atoms with Crippen LogP contribution in [0.15, 0.2) is 47.4 Å². The Labute approximate surface area is 271 Å². The molecular weight excluding hydrogens is 680 g/mol. The minimum Gasteiger partial charge on any atom is -0.454 e. The van der Waals surface area contributed by atoms with Crippen LogP contribution in [0, 0.1) is 0 Å². The van der Waals surface area contributed by atoms with Crippen molar-refractivity contribution in [3.8, 4) is 0 Å². The van der Waals surface area contributed by atoms with E-state index in [9.17, 15) is 45.6 Å². The Morgan fingerprint density at radius 2 is 1.67 bits per heavy atom. The maximum absolute atomic E-state index is 13.7. The lowest BCUT2D eigenvalue weighted by atomic mass is 10.1. The van der Waals surface area contributed by atoms with Gasteiger partial charge in [-0.05, 0) is 62.6 Å². The largest absolute Gasteiger partial charge is 0.454 e. The molecule has 2 aromatic rings. The second kappa shape index (κ2) is 13.9. The standard InChI is InChI=1S/C28H27Cl2F3N4O8S/c1-15(22(38)14-45-27(42)24-18(29)4-2-5-19(24)30)34-25(40)21-6-3-13-36-23(39)12-11-20(26(41)37(21)36)35-46(43,44)17-9-7-16(8-10-17)28(31,32)33/h2,4-5,7-10,15,20-21,35H,3,6,11-14H2,1H3,(H,34,40)/t15-,20?,21-/m0/s1. The van der Waals surface area contributed by atoms with Crippen molar-refractivity contribution in [2.45, 2.75) is 61.8 Å². The summed E-state index contributed by atoms with van der Waals surface area (Å²) in [7, 11) is -4.53. The summed E-state index contributed by atoms with van der Waals surface area (Å²) in [4.78, 5) is 64.5. The number of halogens is 5. The second-order valence-corrected chi connectivity index (χ2v) is 13.0. The van der Waals surface area contributed by atoms with Crippen LogP contribution in [-0.4, -0.2) is 79.2 Å². The van der Waals surface area contributed by atoms with Gasteiger partial charge in [0.2, 0.25) is 21.8 Å². The number of alkyl halides is 3. The second-order valence-electron chi connectivity index (χ2n) is 10.5. The molecule has 0 aromatic heterocycles.